The van der Waals surface area contributed by atoms with Crippen LogP contribution in [0.4, 0.5) is 0 Å². The summed E-state index contributed by atoms with van der Waals surface area (Å²) in [7, 11) is 4.01. The van der Waals surface area contributed by atoms with Gasteiger partial charge in [0.2, 0.25) is 0 Å². The summed E-state index contributed by atoms with van der Waals surface area (Å²) in [5, 5.41) is 1.55. The van der Waals surface area contributed by atoms with E-state index in [1.165, 1.54) is 11.3 Å². The molecule has 0 aliphatic heterocycles. The van der Waals surface area contributed by atoms with Crippen molar-refractivity contribution in [2.75, 3.05) is 27.2 Å². The van der Waals surface area contributed by atoms with Crippen LogP contribution in [0.2, 0.25) is 5.02 Å². The number of nitrogens with zero attached hydrogens (tertiary/aromatic N) is 3. The fourth-order valence-corrected chi connectivity index (χ4v) is 3.64. The summed E-state index contributed by atoms with van der Waals surface area (Å²) < 4.78 is 0. The van der Waals surface area contributed by atoms with Crippen LogP contribution in [0.3, 0.4) is 0 Å². The van der Waals surface area contributed by atoms with Crippen LogP contribution in [0.1, 0.15) is 15.2 Å². The molecular weight excluding hydrogens is 378 g/mol. The highest BCUT2D eigenvalue weighted by molar-refractivity contribution is 7.16. The second-order valence-electron chi connectivity index (χ2n) is 6.55. The Labute approximate surface area is 169 Å². The van der Waals surface area contributed by atoms with Gasteiger partial charge in [0.05, 0.1) is 6.20 Å². The first-order valence-corrected chi connectivity index (χ1v) is 9.92. The molecule has 6 heteroatoms. The molecule has 0 radical (unpaired) electrons. The first-order valence-electron chi connectivity index (χ1n) is 8.72. The molecule has 3 aromatic rings. The summed E-state index contributed by atoms with van der Waals surface area (Å²) in [5.41, 5.74) is 2.08. The molecule has 0 N–H and O–H groups in total. The van der Waals surface area contributed by atoms with Gasteiger partial charge in [-0.05, 0) is 31.8 Å². The number of benzene rings is 2. The van der Waals surface area contributed by atoms with Gasteiger partial charge in [0, 0.05) is 30.2 Å². The fraction of sp³-hybridized carbons (Fsp3) is 0.238. The Kier molecular flexibility index (Phi) is 6.61. The lowest BCUT2D eigenvalue weighted by Gasteiger charge is -2.24. The average molecular weight is 400 g/mol. The predicted molar refractivity (Wildman–Crippen MR) is 112 cm³/mol. The highest BCUT2D eigenvalue weighted by Crippen LogP contribution is 2.26. The Balaban J connectivity index is 1.79. The summed E-state index contributed by atoms with van der Waals surface area (Å²) in [6.45, 7) is 1.99. The minimum Gasteiger partial charge on any atom is -0.332 e. The molecule has 4 nitrogen and oxygen atoms in total. The minimum atomic E-state index is 0.00600. The van der Waals surface area contributed by atoms with Crippen LogP contribution < -0.4 is 0 Å². The summed E-state index contributed by atoms with van der Waals surface area (Å²) in [4.78, 5) is 22.2. The van der Waals surface area contributed by atoms with Gasteiger partial charge in [-0.2, -0.15) is 0 Å². The molecule has 140 valence electrons. The van der Waals surface area contributed by atoms with Gasteiger partial charge in [-0.15, -0.1) is 11.3 Å². The molecule has 0 saturated heterocycles. The summed E-state index contributed by atoms with van der Waals surface area (Å²) in [6, 6.07) is 17.6. The zero-order chi connectivity index (χ0) is 19.2. The third kappa shape index (κ3) is 5.39. The SMILES string of the molecule is CN(C)CCN(Cc1ccc(Cl)cc1)C(=O)c1cnc(-c2ccccc2)s1. The number of carbonyl (C=O) groups excluding carboxylic acids is 1. The molecule has 0 aliphatic rings. The maximum atomic E-state index is 13.1. The molecule has 1 heterocycles. The molecule has 0 fully saturated rings. The van der Waals surface area contributed by atoms with E-state index in [4.69, 9.17) is 11.6 Å². The molecule has 0 atom stereocenters. The number of rotatable bonds is 7. The lowest BCUT2D eigenvalue weighted by molar-refractivity contribution is 0.0736. The van der Waals surface area contributed by atoms with Crippen molar-refractivity contribution in [2.45, 2.75) is 6.54 Å². The van der Waals surface area contributed by atoms with Crippen LogP contribution >= 0.6 is 22.9 Å². The number of amides is 1. The topological polar surface area (TPSA) is 36.4 Å². The highest BCUT2D eigenvalue weighted by Gasteiger charge is 2.19. The zero-order valence-electron chi connectivity index (χ0n) is 15.4. The molecule has 2 aromatic carbocycles. The maximum Gasteiger partial charge on any atom is 0.265 e. The van der Waals surface area contributed by atoms with E-state index in [-0.39, 0.29) is 5.91 Å². The summed E-state index contributed by atoms with van der Waals surface area (Å²) >= 11 is 7.41. The van der Waals surface area contributed by atoms with Crippen molar-refractivity contribution in [3.63, 3.8) is 0 Å². The number of hydrogen-bond acceptors (Lipinski definition) is 4. The Hall–Kier alpha value is -2.21. The van der Waals surface area contributed by atoms with Gasteiger partial charge in [-0.1, -0.05) is 54.1 Å². The molecule has 0 aliphatic carbocycles. The van der Waals surface area contributed by atoms with E-state index in [1.54, 1.807) is 6.20 Å². The fourth-order valence-electron chi connectivity index (χ4n) is 2.63. The molecule has 0 spiro atoms. The van der Waals surface area contributed by atoms with Crippen molar-refractivity contribution in [1.82, 2.24) is 14.8 Å². The molecule has 0 unspecified atom stereocenters. The largest absolute Gasteiger partial charge is 0.332 e. The van der Waals surface area contributed by atoms with Gasteiger partial charge in [0.15, 0.2) is 0 Å². The normalized spacial score (nSPS) is 11.0. The van der Waals surface area contributed by atoms with Gasteiger partial charge >= 0.3 is 0 Å². The van der Waals surface area contributed by atoms with E-state index >= 15 is 0 Å². The first kappa shape index (κ1) is 19.5. The number of carbonyl (C=O) groups is 1. The Morgan fingerprint density at radius 1 is 1.04 bits per heavy atom. The number of thiazole rings is 1. The number of likely N-dealkylation sites (N-methyl/N-ethyl adjacent to an activating group) is 1. The van der Waals surface area contributed by atoms with Crippen LogP contribution in [0.15, 0.2) is 60.8 Å². The van der Waals surface area contributed by atoms with E-state index in [1.807, 2.05) is 73.6 Å². The maximum absolute atomic E-state index is 13.1. The quantitative estimate of drug-likeness (QED) is 0.579. The third-order valence-electron chi connectivity index (χ3n) is 4.13. The van der Waals surface area contributed by atoms with E-state index < -0.39 is 0 Å². The second-order valence-corrected chi connectivity index (χ2v) is 8.02. The summed E-state index contributed by atoms with van der Waals surface area (Å²) in [6.07, 6.45) is 1.68. The first-order chi connectivity index (χ1) is 13.0. The molecule has 1 amide bonds. The van der Waals surface area contributed by atoms with Gasteiger partial charge in [-0.3, -0.25) is 4.79 Å². The van der Waals surface area contributed by atoms with E-state index in [0.717, 1.165) is 22.7 Å². The average Bonchev–Trinajstić information content (AvgIpc) is 3.17. The Bertz CT molecular complexity index is 878. The van der Waals surface area contributed by atoms with Gasteiger partial charge in [-0.25, -0.2) is 4.98 Å². The van der Waals surface area contributed by atoms with Crippen LogP contribution in [0.25, 0.3) is 10.6 Å². The Morgan fingerprint density at radius 3 is 2.41 bits per heavy atom. The van der Waals surface area contributed by atoms with Crippen molar-refractivity contribution in [1.29, 1.82) is 0 Å². The van der Waals surface area contributed by atoms with Crippen molar-refractivity contribution in [3.05, 3.63) is 76.3 Å². The number of aromatic nitrogens is 1. The second kappa shape index (κ2) is 9.13. The Morgan fingerprint density at radius 2 is 1.74 bits per heavy atom. The van der Waals surface area contributed by atoms with Crippen molar-refractivity contribution in [3.8, 4) is 10.6 Å². The lowest BCUT2D eigenvalue weighted by Crippen LogP contribution is -2.35. The van der Waals surface area contributed by atoms with Crippen LogP contribution in [-0.2, 0) is 6.54 Å². The van der Waals surface area contributed by atoms with Crippen LogP contribution in [0.5, 0.6) is 0 Å². The smallest absolute Gasteiger partial charge is 0.265 e. The van der Waals surface area contributed by atoms with Gasteiger partial charge < -0.3 is 9.80 Å². The minimum absolute atomic E-state index is 0.00600. The van der Waals surface area contributed by atoms with Crippen molar-refractivity contribution in [2.24, 2.45) is 0 Å². The standard InChI is InChI=1S/C21H22ClN3OS/c1-24(2)12-13-25(15-16-8-10-18(22)11-9-16)21(26)19-14-23-20(27-19)17-6-4-3-5-7-17/h3-11,14H,12-13,15H2,1-2H3. The number of halogens is 1. The van der Waals surface area contributed by atoms with Gasteiger partial charge in [0.1, 0.15) is 9.88 Å². The molecule has 27 heavy (non-hydrogen) atoms. The number of hydrogen-bond donors (Lipinski definition) is 0. The molecule has 3 rings (SSSR count). The van der Waals surface area contributed by atoms with E-state index in [9.17, 15) is 4.79 Å². The van der Waals surface area contributed by atoms with Crippen molar-refractivity contribution < 1.29 is 4.79 Å². The predicted octanol–water partition coefficient (Wildman–Crippen LogP) is 4.67. The zero-order valence-corrected chi connectivity index (χ0v) is 17.0. The molecule has 0 saturated carbocycles. The van der Waals surface area contributed by atoms with Crippen molar-refractivity contribution >= 4 is 28.8 Å². The summed E-state index contributed by atoms with van der Waals surface area (Å²) in [5.74, 6) is 0.00600. The van der Waals surface area contributed by atoms with Crippen LogP contribution in [0, 0.1) is 0 Å². The molecular formula is C21H22ClN3OS. The molecule has 1 aromatic heterocycles. The molecule has 0 bridgehead atoms. The van der Waals surface area contributed by atoms with Gasteiger partial charge in [0.25, 0.3) is 5.91 Å². The third-order valence-corrected chi connectivity index (χ3v) is 5.41. The highest BCUT2D eigenvalue weighted by atomic mass is 35.5. The van der Waals surface area contributed by atoms with E-state index in [0.29, 0.717) is 23.0 Å². The lowest BCUT2D eigenvalue weighted by atomic mass is 10.2. The monoisotopic (exact) mass is 399 g/mol. The van der Waals surface area contributed by atoms with Crippen LogP contribution in [-0.4, -0.2) is 47.9 Å². The van der Waals surface area contributed by atoms with E-state index in [2.05, 4.69) is 9.88 Å².